The second-order valence-corrected chi connectivity index (χ2v) is 8.16. The van der Waals surface area contributed by atoms with E-state index in [-0.39, 0.29) is 11.5 Å². The van der Waals surface area contributed by atoms with Crippen molar-refractivity contribution in [2.24, 2.45) is 0 Å². The minimum Gasteiger partial charge on any atom is -0.359 e. The Kier molecular flexibility index (Phi) is 6.30. The van der Waals surface area contributed by atoms with Crippen LogP contribution in [0.15, 0.2) is 89.5 Å². The van der Waals surface area contributed by atoms with Crippen molar-refractivity contribution in [3.8, 4) is 0 Å². The fraction of sp³-hybridized carbons (Fsp3) is 0.0417. The summed E-state index contributed by atoms with van der Waals surface area (Å²) in [6.45, 7) is 0. The van der Waals surface area contributed by atoms with E-state index in [1.165, 1.54) is 6.20 Å². The van der Waals surface area contributed by atoms with Crippen LogP contribution >= 0.6 is 27.5 Å². The van der Waals surface area contributed by atoms with Gasteiger partial charge in [0.05, 0.1) is 0 Å². The fourth-order valence-electron chi connectivity index (χ4n) is 3.19. The predicted molar refractivity (Wildman–Crippen MR) is 127 cm³/mol. The summed E-state index contributed by atoms with van der Waals surface area (Å²) in [6.07, 6.45) is 0.521. The number of halogens is 2. The number of carbonyl (C=O) groups excluding carboxylic acids is 2. The normalized spacial score (nSPS) is 11.7. The molecule has 1 atom stereocenters. The molecule has 7 heteroatoms. The molecule has 154 valence electrons. The van der Waals surface area contributed by atoms with Crippen LogP contribution in [0.25, 0.3) is 10.8 Å². The largest absolute Gasteiger partial charge is 0.359 e. The summed E-state index contributed by atoms with van der Waals surface area (Å²) in [4.78, 5) is 30.4. The van der Waals surface area contributed by atoms with E-state index in [0.717, 1.165) is 15.2 Å². The zero-order valence-electron chi connectivity index (χ0n) is 16.2. The summed E-state index contributed by atoms with van der Waals surface area (Å²) in [6, 6.07) is 23.4. The molecule has 0 aliphatic carbocycles. The molecule has 0 radical (unpaired) electrons. The zero-order valence-corrected chi connectivity index (χ0v) is 18.5. The minimum atomic E-state index is -1.01. The molecule has 2 N–H and O–H groups in total. The average molecular weight is 495 g/mol. The molecule has 4 aromatic rings. The summed E-state index contributed by atoms with van der Waals surface area (Å²) < 4.78 is 0.756. The molecular weight excluding hydrogens is 478 g/mol. The zero-order chi connectivity index (χ0) is 21.8. The fourth-order valence-corrected chi connectivity index (χ4v) is 3.55. The van der Waals surface area contributed by atoms with Gasteiger partial charge in [0.15, 0.2) is 6.17 Å². The minimum absolute atomic E-state index is 0.205. The maximum Gasteiger partial charge on any atom is 0.271 e. The number of nitrogens with one attached hydrogen (secondary N) is 2. The topological polar surface area (TPSA) is 71.1 Å². The summed E-state index contributed by atoms with van der Waals surface area (Å²) >= 11 is 9.27. The van der Waals surface area contributed by atoms with Crippen molar-refractivity contribution >= 4 is 55.7 Å². The first-order chi connectivity index (χ1) is 15.0. The van der Waals surface area contributed by atoms with E-state index in [9.17, 15) is 9.59 Å². The van der Waals surface area contributed by atoms with E-state index in [1.807, 2.05) is 36.4 Å². The molecule has 0 bridgehead atoms. The number of carbonyl (C=O) groups is 2. The van der Waals surface area contributed by atoms with Crippen LogP contribution in [-0.4, -0.2) is 22.8 Å². The lowest BCUT2D eigenvalue weighted by Crippen LogP contribution is -2.46. The highest BCUT2D eigenvalue weighted by atomic mass is 79.9. The highest BCUT2D eigenvalue weighted by Crippen LogP contribution is 2.21. The Labute approximate surface area is 192 Å². The Bertz CT molecular complexity index is 1240. The molecule has 5 nitrogen and oxygen atoms in total. The number of hydrogen-bond donors (Lipinski definition) is 2. The number of anilines is 1. The number of fused-ring (bicyclic) bond motifs is 1. The molecular formula is C24H17BrClN3O2. The van der Waals surface area contributed by atoms with Gasteiger partial charge in [-0.25, -0.2) is 4.98 Å². The van der Waals surface area contributed by atoms with Gasteiger partial charge in [0.25, 0.3) is 5.91 Å². The van der Waals surface area contributed by atoms with Crippen LogP contribution in [0.3, 0.4) is 0 Å². The first-order valence-corrected chi connectivity index (χ1v) is 10.6. The van der Waals surface area contributed by atoms with Gasteiger partial charge in [0, 0.05) is 26.9 Å². The van der Waals surface area contributed by atoms with E-state index in [4.69, 9.17) is 11.6 Å². The number of amides is 1. The van der Waals surface area contributed by atoms with Gasteiger partial charge in [-0.2, -0.15) is 0 Å². The molecule has 1 unspecified atom stereocenters. The summed E-state index contributed by atoms with van der Waals surface area (Å²) in [5.41, 5.74) is 1.36. The van der Waals surface area contributed by atoms with Crippen LogP contribution in [0.1, 0.15) is 20.8 Å². The van der Waals surface area contributed by atoms with E-state index < -0.39 is 12.1 Å². The summed E-state index contributed by atoms with van der Waals surface area (Å²) in [7, 11) is 0. The van der Waals surface area contributed by atoms with Crippen LogP contribution in [0.4, 0.5) is 5.69 Å². The Morgan fingerprint density at radius 1 is 0.903 bits per heavy atom. The van der Waals surface area contributed by atoms with Crippen LogP contribution in [0.2, 0.25) is 5.02 Å². The van der Waals surface area contributed by atoms with Gasteiger partial charge in [0.1, 0.15) is 5.69 Å². The smallest absolute Gasteiger partial charge is 0.271 e. The van der Waals surface area contributed by atoms with Gasteiger partial charge in [-0.05, 0) is 63.1 Å². The molecule has 4 rings (SSSR count). The van der Waals surface area contributed by atoms with Gasteiger partial charge in [-0.15, -0.1) is 0 Å². The van der Waals surface area contributed by atoms with Crippen molar-refractivity contribution < 1.29 is 9.59 Å². The van der Waals surface area contributed by atoms with Gasteiger partial charge in [-0.3, -0.25) is 9.59 Å². The molecule has 1 amide bonds. The van der Waals surface area contributed by atoms with Gasteiger partial charge < -0.3 is 10.6 Å². The van der Waals surface area contributed by atoms with Gasteiger partial charge >= 0.3 is 0 Å². The van der Waals surface area contributed by atoms with Crippen LogP contribution in [0.5, 0.6) is 0 Å². The number of hydrogen-bond acceptors (Lipinski definition) is 4. The monoisotopic (exact) mass is 493 g/mol. The van der Waals surface area contributed by atoms with Gasteiger partial charge in [-0.1, -0.05) is 54.1 Å². The second-order valence-electron chi connectivity index (χ2n) is 6.81. The lowest BCUT2D eigenvalue weighted by atomic mass is 10.00. The van der Waals surface area contributed by atoms with Crippen molar-refractivity contribution in [1.29, 1.82) is 0 Å². The molecule has 3 aromatic carbocycles. The lowest BCUT2D eigenvalue weighted by Gasteiger charge is -2.21. The number of nitrogens with zero attached hydrogens (tertiary/aromatic N) is 1. The molecule has 1 aromatic heterocycles. The molecule has 0 aliphatic heterocycles. The molecule has 1 heterocycles. The number of ketones is 1. The van der Waals surface area contributed by atoms with Crippen LogP contribution < -0.4 is 10.6 Å². The Morgan fingerprint density at radius 3 is 2.39 bits per heavy atom. The SMILES string of the molecule is O=C(NC(Nc1ccc(Cl)cc1)C(=O)c1cccc2ccccc12)c1ccc(Br)cn1. The van der Waals surface area contributed by atoms with Crippen molar-refractivity contribution in [3.05, 3.63) is 106 Å². The third-order valence-corrected chi connectivity index (χ3v) is 5.43. The predicted octanol–water partition coefficient (Wildman–Crippen LogP) is 5.70. The number of benzene rings is 3. The molecule has 0 fully saturated rings. The van der Waals surface area contributed by atoms with Crippen molar-refractivity contribution in [2.75, 3.05) is 5.32 Å². The van der Waals surface area contributed by atoms with Crippen molar-refractivity contribution in [1.82, 2.24) is 10.3 Å². The first kappa shape index (κ1) is 21.0. The standard InChI is InChI=1S/C24H17BrClN3O2/c25-16-8-13-21(27-14-16)24(31)29-23(28-18-11-9-17(26)10-12-18)22(30)20-7-3-5-15-4-1-2-6-19(15)20/h1-14,23,28H,(H,29,31). The van der Waals surface area contributed by atoms with Gasteiger partial charge in [0.2, 0.25) is 5.78 Å². The summed E-state index contributed by atoms with van der Waals surface area (Å²) in [5, 5.41) is 8.20. The van der Waals surface area contributed by atoms with Crippen molar-refractivity contribution in [2.45, 2.75) is 6.17 Å². The quantitative estimate of drug-likeness (QED) is 0.266. The first-order valence-electron chi connectivity index (χ1n) is 9.48. The van der Waals surface area contributed by atoms with E-state index in [1.54, 1.807) is 42.5 Å². The number of aromatic nitrogens is 1. The lowest BCUT2D eigenvalue weighted by molar-refractivity contribution is 0.0867. The van der Waals surface area contributed by atoms with E-state index >= 15 is 0 Å². The highest BCUT2D eigenvalue weighted by Gasteiger charge is 2.24. The Morgan fingerprint density at radius 2 is 1.65 bits per heavy atom. The molecule has 31 heavy (non-hydrogen) atoms. The highest BCUT2D eigenvalue weighted by molar-refractivity contribution is 9.10. The Balaban J connectivity index is 1.68. The molecule has 0 spiro atoms. The van der Waals surface area contributed by atoms with E-state index in [0.29, 0.717) is 16.3 Å². The molecule has 0 saturated heterocycles. The number of pyridine rings is 1. The molecule has 0 saturated carbocycles. The number of Topliss-reactive ketones (excluding diaryl/α,β-unsaturated/α-hetero) is 1. The third-order valence-electron chi connectivity index (χ3n) is 4.71. The van der Waals surface area contributed by atoms with Crippen LogP contribution in [-0.2, 0) is 0 Å². The molecule has 0 aliphatic rings. The third kappa shape index (κ3) is 4.93. The number of rotatable bonds is 6. The maximum atomic E-state index is 13.5. The maximum absolute atomic E-state index is 13.5. The summed E-state index contributed by atoms with van der Waals surface area (Å²) in [5.74, 6) is -0.732. The van der Waals surface area contributed by atoms with Crippen molar-refractivity contribution in [3.63, 3.8) is 0 Å². The average Bonchev–Trinajstić information content (AvgIpc) is 2.79. The van der Waals surface area contributed by atoms with E-state index in [2.05, 4.69) is 31.5 Å². The second kappa shape index (κ2) is 9.29. The van der Waals surface area contributed by atoms with Crippen LogP contribution in [0, 0.1) is 0 Å². The Hall–Kier alpha value is -3.22.